The van der Waals surface area contributed by atoms with E-state index in [1.165, 1.54) is 6.07 Å². The van der Waals surface area contributed by atoms with Crippen molar-refractivity contribution in [3.05, 3.63) is 68.1 Å². The fourth-order valence-electron chi connectivity index (χ4n) is 3.87. The second-order valence-corrected chi connectivity index (χ2v) is 8.51. The summed E-state index contributed by atoms with van der Waals surface area (Å²) in [7, 11) is 0. The third kappa shape index (κ3) is 4.29. The molecule has 152 valence electrons. The van der Waals surface area contributed by atoms with E-state index in [0.29, 0.717) is 29.7 Å². The van der Waals surface area contributed by atoms with Crippen LogP contribution in [0.15, 0.2) is 29.1 Å². The van der Waals surface area contributed by atoms with Crippen LogP contribution in [0.3, 0.4) is 0 Å². The Morgan fingerprint density at radius 3 is 2.28 bits per heavy atom. The average molecular weight is 396 g/mol. The van der Waals surface area contributed by atoms with Gasteiger partial charge in [-0.05, 0) is 37.3 Å². The van der Waals surface area contributed by atoms with Crippen LogP contribution in [0.5, 0.6) is 0 Å². The van der Waals surface area contributed by atoms with Crippen molar-refractivity contribution in [2.45, 2.75) is 46.6 Å². The molecule has 1 aromatic carbocycles. The second-order valence-electron chi connectivity index (χ2n) is 8.51. The molecule has 1 amide bonds. The maximum Gasteiger partial charge on any atom is 0.330 e. The normalized spacial score (nSPS) is 16.1. The van der Waals surface area contributed by atoms with Crippen molar-refractivity contribution in [1.82, 2.24) is 10.3 Å². The number of fused-ring (bicyclic) bond motifs is 1. The first-order valence-corrected chi connectivity index (χ1v) is 9.38. The van der Waals surface area contributed by atoms with Crippen LogP contribution in [0.1, 0.15) is 69.4 Å². The van der Waals surface area contributed by atoms with E-state index in [1.807, 2.05) is 33.8 Å². The molecule has 0 bridgehead atoms. The van der Waals surface area contributed by atoms with E-state index in [9.17, 15) is 24.3 Å². The smallest absolute Gasteiger partial charge is 0.330 e. The number of aliphatic carboxylic acids is 1. The van der Waals surface area contributed by atoms with Crippen molar-refractivity contribution in [2.75, 3.05) is 0 Å². The SMILES string of the molecule is Cc1cc(C)cc(C(NC(=O)c2cc3c([nH]c2=O)CC(C)(C)CC3=O)C(=O)O)c1. The summed E-state index contributed by atoms with van der Waals surface area (Å²) in [6, 6.07) is 5.21. The Bertz CT molecular complexity index is 1060. The average Bonchev–Trinajstić information content (AvgIpc) is 2.56. The number of carbonyl (C=O) groups is 3. The highest BCUT2D eigenvalue weighted by Crippen LogP contribution is 2.33. The molecule has 1 aliphatic carbocycles. The molecular weight excluding hydrogens is 372 g/mol. The zero-order valence-electron chi connectivity index (χ0n) is 16.9. The molecule has 0 radical (unpaired) electrons. The largest absolute Gasteiger partial charge is 0.479 e. The summed E-state index contributed by atoms with van der Waals surface area (Å²) in [6.45, 7) is 7.54. The highest BCUT2D eigenvalue weighted by atomic mass is 16.4. The monoisotopic (exact) mass is 396 g/mol. The van der Waals surface area contributed by atoms with Crippen LogP contribution in [0.2, 0.25) is 0 Å². The van der Waals surface area contributed by atoms with Gasteiger partial charge in [-0.2, -0.15) is 0 Å². The number of nitrogens with one attached hydrogen (secondary N) is 2. The van der Waals surface area contributed by atoms with Gasteiger partial charge in [-0.3, -0.25) is 14.4 Å². The van der Waals surface area contributed by atoms with Crippen molar-refractivity contribution in [3.63, 3.8) is 0 Å². The number of aryl methyl sites for hydroxylation is 2. The first-order chi connectivity index (χ1) is 13.5. The number of Topliss-reactive ketones (excluding diaryl/α,β-unsaturated/α-hetero) is 1. The molecule has 1 aliphatic rings. The molecule has 3 rings (SSSR count). The van der Waals surface area contributed by atoms with E-state index < -0.39 is 23.5 Å². The number of aromatic amines is 1. The van der Waals surface area contributed by atoms with Gasteiger partial charge in [0.05, 0.1) is 0 Å². The lowest BCUT2D eigenvalue weighted by atomic mass is 9.75. The van der Waals surface area contributed by atoms with Gasteiger partial charge in [0.15, 0.2) is 11.8 Å². The molecule has 0 aliphatic heterocycles. The van der Waals surface area contributed by atoms with E-state index in [4.69, 9.17) is 0 Å². The zero-order chi connectivity index (χ0) is 21.5. The lowest BCUT2D eigenvalue weighted by Crippen LogP contribution is -2.38. The van der Waals surface area contributed by atoms with Crippen LogP contribution in [-0.4, -0.2) is 27.8 Å². The van der Waals surface area contributed by atoms with E-state index in [2.05, 4.69) is 10.3 Å². The predicted molar refractivity (Wildman–Crippen MR) is 107 cm³/mol. The summed E-state index contributed by atoms with van der Waals surface area (Å²) in [4.78, 5) is 52.1. The van der Waals surface area contributed by atoms with Crippen molar-refractivity contribution in [2.24, 2.45) is 5.41 Å². The Morgan fingerprint density at radius 1 is 1.07 bits per heavy atom. The highest BCUT2D eigenvalue weighted by Gasteiger charge is 2.33. The lowest BCUT2D eigenvalue weighted by molar-refractivity contribution is -0.139. The summed E-state index contributed by atoms with van der Waals surface area (Å²) >= 11 is 0. The molecule has 1 atom stereocenters. The fraction of sp³-hybridized carbons (Fsp3) is 0.364. The molecule has 1 unspecified atom stereocenters. The summed E-state index contributed by atoms with van der Waals surface area (Å²) < 4.78 is 0. The van der Waals surface area contributed by atoms with E-state index in [-0.39, 0.29) is 16.8 Å². The summed E-state index contributed by atoms with van der Waals surface area (Å²) in [5, 5.41) is 12.0. The van der Waals surface area contributed by atoms with Gasteiger partial charge in [0.25, 0.3) is 11.5 Å². The Kier molecular flexibility index (Phi) is 5.17. The van der Waals surface area contributed by atoms with Gasteiger partial charge in [-0.25, -0.2) is 4.79 Å². The van der Waals surface area contributed by atoms with Crippen molar-refractivity contribution < 1.29 is 19.5 Å². The maximum absolute atomic E-state index is 12.7. The minimum Gasteiger partial charge on any atom is -0.479 e. The van der Waals surface area contributed by atoms with Crippen molar-refractivity contribution >= 4 is 17.7 Å². The number of benzene rings is 1. The van der Waals surface area contributed by atoms with Gasteiger partial charge in [-0.15, -0.1) is 0 Å². The molecule has 7 nitrogen and oxygen atoms in total. The molecule has 1 heterocycles. The highest BCUT2D eigenvalue weighted by molar-refractivity contribution is 6.02. The van der Waals surface area contributed by atoms with Crippen LogP contribution >= 0.6 is 0 Å². The lowest BCUT2D eigenvalue weighted by Gasteiger charge is -2.29. The fourth-order valence-corrected chi connectivity index (χ4v) is 3.87. The van der Waals surface area contributed by atoms with Crippen LogP contribution in [0.4, 0.5) is 0 Å². The predicted octanol–water partition coefficient (Wildman–Crippen LogP) is 2.70. The Labute approximate surface area is 168 Å². The van der Waals surface area contributed by atoms with Gasteiger partial charge in [0.2, 0.25) is 0 Å². The first-order valence-electron chi connectivity index (χ1n) is 9.38. The Morgan fingerprint density at radius 2 is 1.69 bits per heavy atom. The number of carbonyl (C=O) groups excluding carboxylic acids is 2. The number of ketones is 1. The minimum absolute atomic E-state index is 0.148. The van der Waals surface area contributed by atoms with Crippen LogP contribution in [0, 0.1) is 19.3 Å². The zero-order valence-corrected chi connectivity index (χ0v) is 16.9. The van der Waals surface area contributed by atoms with Gasteiger partial charge in [0.1, 0.15) is 5.56 Å². The third-order valence-corrected chi connectivity index (χ3v) is 5.06. The van der Waals surface area contributed by atoms with Crippen molar-refractivity contribution in [1.29, 1.82) is 0 Å². The first kappa shape index (κ1) is 20.5. The molecule has 0 spiro atoms. The molecule has 3 N–H and O–H groups in total. The summed E-state index contributed by atoms with van der Waals surface area (Å²) in [6.07, 6.45) is 0.832. The second kappa shape index (κ2) is 7.31. The van der Waals surface area contributed by atoms with Gasteiger partial charge >= 0.3 is 5.97 Å². The minimum atomic E-state index is -1.31. The number of amides is 1. The standard InChI is InChI=1S/C22H24N2O5/c1-11-5-12(2)7-13(6-11)18(21(28)29)24-20(27)15-8-14-16(23-19(15)26)9-22(3,4)10-17(14)25/h5-8,18H,9-10H2,1-4H3,(H,23,26)(H,24,27)(H,28,29). The molecule has 29 heavy (non-hydrogen) atoms. The van der Waals surface area contributed by atoms with Gasteiger partial charge in [0, 0.05) is 17.7 Å². The van der Waals surface area contributed by atoms with E-state index >= 15 is 0 Å². The van der Waals surface area contributed by atoms with E-state index in [0.717, 1.165) is 11.1 Å². The Balaban J connectivity index is 1.96. The number of hydrogen-bond donors (Lipinski definition) is 3. The van der Waals surface area contributed by atoms with Gasteiger partial charge in [-0.1, -0.05) is 43.2 Å². The maximum atomic E-state index is 12.7. The Hall–Kier alpha value is -3.22. The molecule has 7 heteroatoms. The van der Waals surface area contributed by atoms with Gasteiger partial charge < -0.3 is 15.4 Å². The number of aromatic nitrogens is 1. The molecule has 0 saturated carbocycles. The molecule has 0 fully saturated rings. The summed E-state index contributed by atoms with van der Waals surface area (Å²) in [5.74, 6) is -2.22. The molecule has 2 aromatic rings. The quantitative estimate of drug-likeness (QED) is 0.735. The van der Waals surface area contributed by atoms with Crippen LogP contribution in [-0.2, 0) is 11.2 Å². The van der Waals surface area contributed by atoms with E-state index in [1.54, 1.807) is 12.1 Å². The molecule has 0 saturated heterocycles. The number of pyridine rings is 1. The number of H-pyrrole nitrogens is 1. The number of carboxylic acids is 1. The third-order valence-electron chi connectivity index (χ3n) is 5.06. The molecular formula is C22H24N2O5. The number of rotatable bonds is 4. The number of hydrogen-bond acceptors (Lipinski definition) is 4. The summed E-state index contributed by atoms with van der Waals surface area (Å²) in [5.41, 5.74) is 1.78. The number of carboxylic acid groups (broad SMARTS) is 1. The van der Waals surface area contributed by atoms with Crippen molar-refractivity contribution in [3.8, 4) is 0 Å². The van der Waals surface area contributed by atoms with Crippen LogP contribution < -0.4 is 10.9 Å². The topological polar surface area (TPSA) is 116 Å². The molecule has 1 aromatic heterocycles. The van der Waals surface area contributed by atoms with Crippen LogP contribution in [0.25, 0.3) is 0 Å².